The van der Waals surface area contributed by atoms with E-state index in [4.69, 9.17) is 9.47 Å². The number of benzene rings is 1. The highest BCUT2D eigenvalue weighted by molar-refractivity contribution is 5.89. The summed E-state index contributed by atoms with van der Waals surface area (Å²) in [5, 5.41) is 0. The third kappa shape index (κ3) is 5.43. The molecule has 0 amide bonds. The van der Waals surface area contributed by atoms with E-state index in [-0.39, 0.29) is 12.1 Å². The molecule has 0 aromatic heterocycles. The average Bonchev–Trinajstić information content (AvgIpc) is 2.40. The van der Waals surface area contributed by atoms with Gasteiger partial charge in [0.2, 0.25) is 0 Å². The molecule has 0 saturated heterocycles. The molecule has 106 valence electrons. The number of hydrogen-bond acceptors (Lipinski definition) is 3. The number of methoxy groups -OCH3 is 1. The summed E-state index contributed by atoms with van der Waals surface area (Å²) < 4.78 is 10.6. The maximum Gasteiger partial charge on any atom is 0.338 e. The molecule has 0 aliphatic carbocycles. The van der Waals surface area contributed by atoms with Crippen molar-refractivity contribution >= 4 is 5.97 Å². The van der Waals surface area contributed by atoms with Crippen LogP contribution in [-0.4, -0.2) is 25.8 Å². The first-order valence-electron chi connectivity index (χ1n) is 7.00. The van der Waals surface area contributed by atoms with Gasteiger partial charge in [0.1, 0.15) is 6.10 Å². The quantitative estimate of drug-likeness (QED) is 0.673. The topological polar surface area (TPSA) is 35.5 Å². The van der Waals surface area contributed by atoms with Crippen molar-refractivity contribution < 1.29 is 14.3 Å². The van der Waals surface area contributed by atoms with E-state index in [0.717, 1.165) is 25.7 Å². The second-order valence-corrected chi connectivity index (χ2v) is 4.72. The fraction of sp³-hybridized carbons (Fsp3) is 0.562. The lowest BCUT2D eigenvalue weighted by Crippen LogP contribution is -2.23. The van der Waals surface area contributed by atoms with Gasteiger partial charge >= 0.3 is 5.97 Å². The maximum absolute atomic E-state index is 12.1. The normalized spacial score (nSPS) is 12.2. The highest BCUT2D eigenvalue weighted by Gasteiger charge is 2.15. The molecule has 19 heavy (non-hydrogen) atoms. The van der Waals surface area contributed by atoms with Crippen LogP contribution < -0.4 is 0 Å². The van der Waals surface area contributed by atoms with Gasteiger partial charge in [-0.1, -0.05) is 38.8 Å². The number of esters is 1. The van der Waals surface area contributed by atoms with E-state index in [1.165, 1.54) is 5.56 Å². The van der Waals surface area contributed by atoms with E-state index in [2.05, 4.69) is 13.8 Å². The standard InChI is InChI=1S/C16H24O3/c1-4-7-13-9-6-10-14(11-13)16(17)19-15(8-5-2)12-18-3/h6,9-11,15H,4-5,7-8,12H2,1-3H3. The lowest BCUT2D eigenvalue weighted by molar-refractivity contribution is 0.00297. The predicted octanol–water partition coefficient (Wildman–Crippen LogP) is 3.61. The third-order valence-corrected chi connectivity index (χ3v) is 2.94. The zero-order valence-corrected chi connectivity index (χ0v) is 12.1. The second kappa shape index (κ2) is 8.70. The Morgan fingerprint density at radius 2 is 2.05 bits per heavy atom. The summed E-state index contributed by atoms with van der Waals surface area (Å²) in [7, 11) is 1.62. The van der Waals surface area contributed by atoms with Gasteiger partial charge in [0.05, 0.1) is 12.2 Å². The van der Waals surface area contributed by atoms with Crippen molar-refractivity contribution in [2.75, 3.05) is 13.7 Å². The van der Waals surface area contributed by atoms with Crippen molar-refractivity contribution in [3.05, 3.63) is 35.4 Å². The van der Waals surface area contributed by atoms with Crippen molar-refractivity contribution in [3.8, 4) is 0 Å². The minimum absolute atomic E-state index is 0.155. The molecule has 0 aliphatic heterocycles. The Hall–Kier alpha value is -1.35. The first-order valence-corrected chi connectivity index (χ1v) is 7.00. The van der Waals surface area contributed by atoms with Crippen molar-refractivity contribution in [1.82, 2.24) is 0 Å². The summed E-state index contributed by atoms with van der Waals surface area (Å²) >= 11 is 0. The molecule has 0 fully saturated rings. The molecule has 0 bridgehead atoms. The Kier molecular flexibility index (Phi) is 7.19. The van der Waals surface area contributed by atoms with Crippen LogP contribution in [0.25, 0.3) is 0 Å². The summed E-state index contributed by atoms with van der Waals surface area (Å²) in [4.78, 5) is 12.1. The molecule has 0 saturated carbocycles. The molecule has 1 aromatic carbocycles. The van der Waals surface area contributed by atoms with E-state index < -0.39 is 0 Å². The number of carbonyl (C=O) groups is 1. The first-order chi connectivity index (χ1) is 9.21. The molecule has 0 radical (unpaired) electrons. The molecule has 1 unspecified atom stereocenters. The van der Waals surface area contributed by atoms with E-state index in [1.807, 2.05) is 18.2 Å². The Morgan fingerprint density at radius 3 is 2.68 bits per heavy atom. The monoisotopic (exact) mass is 264 g/mol. The zero-order chi connectivity index (χ0) is 14.1. The van der Waals surface area contributed by atoms with Crippen LogP contribution in [-0.2, 0) is 15.9 Å². The Bertz CT molecular complexity index is 381. The number of ether oxygens (including phenoxy) is 2. The van der Waals surface area contributed by atoms with Crippen molar-refractivity contribution in [2.45, 2.75) is 45.6 Å². The Morgan fingerprint density at radius 1 is 1.26 bits per heavy atom. The molecule has 1 aromatic rings. The summed E-state index contributed by atoms with van der Waals surface area (Å²) in [5.41, 5.74) is 1.80. The molecule has 3 heteroatoms. The van der Waals surface area contributed by atoms with Gasteiger partial charge in [-0.05, 0) is 30.5 Å². The molecule has 0 spiro atoms. The van der Waals surface area contributed by atoms with Crippen LogP contribution in [0.2, 0.25) is 0 Å². The Labute approximate surface area is 115 Å². The van der Waals surface area contributed by atoms with Gasteiger partial charge in [0.25, 0.3) is 0 Å². The van der Waals surface area contributed by atoms with E-state index in [1.54, 1.807) is 13.2 Å². The Balaban J connectivity index is 2.67. The minimum atomic E-state index is -0.256. The number of rotatable bonds is 8. The van der Waals surface area contributed by atoms with Crippen LogP contribution in [0.5, 0.6) is 0 Å². The van der Waals surface area contributed by atoms with Crippen LogP contribution in [0, 0.1) is 0 Å². The zero-order valence-electron chi connectivity index (χ0n) is 12.1. The molecule has 0 heterocycles. The maximum atomic E-state index is 12.1. The van der Waals surface area contributed by atoms with Gasteiger partial charge in [0, 0.05) is 7.11 Å². The highest BCUT2D eigenvalue weighted by atomic mass is 16.6. The predicted molar refractivity (Wildman–Crippen MR) is 76.4 cm³/mol. The molecule has 3 nitrogen and oxygen atoms in total. The van der Waals surface area contributed by atoms with E-state index >= 15 is 0 Å². The lowest BCUT2D eigenvalue weighted by Gasteiger charge is -2.16. The minimum Gasteiger partial charge on any atom is -0.456 e. The third-order valence-electron chi connectivity index (χ3n) is 2.94. The van der Waals surface area contributed by atoms with Crippen molar-refractivity contribution in [1.29, 1.82) is 0 Å². The summed E-state index contributed by atoms with van der Waals surface area (Å²) in [5.74, 6) is -0.256. The second-order valence-electron chi connectivity index (χ2n) is 4.72. The molecular formula is C16H24O3. The van der Waals surface area contributed by atoms with Crippen molar-refractivity contribution in [2.24, 2.45) is 0 Å². The van der Waals surface area contributed by atoms with Crippen molar-refractivity contribution in [3.63, 3.8) is 0 Å². The van der Waals surface area contributed by atoms with Gasteiger partial charge in [-0.15, -0.1) is 0 Å². The average molecular weight is 264 g/mol. The highest BCUT2D eigenvalue weighted by Crippen LogP contribution is 2.12. The number of aryl methyl sites for hydroxylation is 1. The van der Waals surface area contributed by atoms with Crippen LogP contribution in [0.15, 0.2) is 24.3 Å². The molecule has 0 N–H and O–H groups in total. The van der Waals surface area contributed by atoms with Gasteiger partial charge < -0.3 is 9.47 Å². The van der Waals surface area contributed by atoms with Gasteiger partial charge in [0.15, 0.2) is 0 Å². The summed E-state index contributed by atoms with van der Waals surface area (Å²) in [6, 6.07) is 7.67. The fourth-order valence-corrected chi connectivity index (χ4v) is 2.05. The lowest BCUT2D eigenvalue weighted by atomic mass is 10.1. The van der Waals surface area contributed by atoms with E-state index in [9.17, 15) is 4.79 Å². The fourth-order valence-electron chi connectivity index (χ4n) is 2.05. The van der Waals surface area contributed by atoms with Crippen LogP contribution in [0.1, 0.15) is 49.0 Å². The van der Waals surface area contributed by atoms with Gasteiger partial charge in [-0.25, -0.2) is 4.79 Å². The molecule has 0 aliphatic rings. The summed E-state index contributed by atoms with van der Waals surface area (Å²) in [6.45, 7) is 4.65. The van der Waals surface area contributed by atoms with Crippen LogP contribution in [0.4, 0.5) is 0 Å². The van der Waals surface area contributed by atoms with E-state index in [0.29, 0.717) is 12.2 Å². The SMILES string of the molecule is CCCc1cccc(C(=O)OC(CCC)COC)c1. The molecular weight excluding hydrogens is 240 g/mol. The first kappa shape index (κ1) is 15.7. The largest absolute Gasteiger partial charge is 0.456 e. The molecule has 1 atom stereocenters. The van der Waals surface area contributed by atoms with Crippen LogP contribution in [0.3, 0.4) is 0 Å². The van der Waals surface area contributed by atoms with Crippen LogP contribution >= 0.6 is 0 Å². The van der Waals surface area contributed by atoms with Gasteiger partial charge in [-0.3, -0.25) is 0 Å². The number of hydrogen-bond donors (Lipinski definition) is 0. The summed E-state index contributed by atoms with van der Waals surface area (Å²) in [6.07, 6.45) is 3.70. The smallest absolute Gasteiger partial charge is 0.338 e. The number of carbonyl (C=O) groups excluding carboxylic acids is 1. The van der Waals surface area contributed by atoms with Gasteiger partial charge in [-0.2, -0.15) is 0 Å². The molecule has 1 rings (SSSR count).